The fourth-order valence-electron chi connectivity index (χ4n) is 0.454. The zero-order chi connectivity index (χ0) is 8.91. The molecule has 68 valence electrons. The molecule has 0 rings (SSSR count). The van der Waals surface area contributed by atoms with Crippen LogP contribution in [-0.4, -0.2) is 63.9 Å². The molecular formula is C7H15NaO3S. The van der Waals surface area contributed by atoms with Crippen LogP contribution >= 0.6 is 11.8 Å². The Bertz CT molecular complexity index is 139. The van der Waals surface area contributed by atoms with Crippen molar-refractivity contribution in [3.63, 3.8) is 0 Å². The van der Waals surface area contributed by atoms with E-state index < -0.39 is 11.4 Å². The first-order valence-electron chi connectivity index (χ1n) is 3.42. The molecule has 0 heterocycles. The topological polar surface area (TPSA) is 57.5 Å². The number of aliphatic hydroxyl groups excluding tert-OH is 1. The van der Waals surface area contributed by atoms with Gasteiger partial charge in [-0.1, -0.05) is 0 Å². The first-order valence-corrected chi connectivity index (χ1v) is 4.58. The molecule has 12 heavy (non-hydrogen) atoms. The predicted octanol–water partition coefficient (Wildman–Crippen LogP) is 0.174. The van der Waals surface area contributed by atoms with Gasteiger partial charge in [0, 0.05) is 11.5 Å². The van der Waals surface area contributed by atoms with E-state index in [0.717, 1.165) is 0 Å². The number of hydrogen-bond acceptors (Lipinski definition) is 3. The van der Waals surface area contributed by atoms with Crippen LogP contribution in [0.25, 0.3) is 0 Å². The molecular weight excluding hydrogens is 187 g/mol. The number of carbonyl (C=O) groups is 1. The molecule has 0 radical (unpaired) electrons. The van der Waals surface area contributed by atoms with E-state index in [1.54, 1.807) is 13.8 Å². The normalized spacial score (nSPS) is 10.6. The van der Waals surface area contributed by atoms with Crippen LogP contribution in [0.1, 0.15) is 13.8 Å². The summed E-state index contributed by atoms with van der Waals surface area (Å²) in [6.45, 7) is 3.47. The standard InChI is InChI=1S/C7H14O3S.Na.H/c1-7(2,6(9)10)5-11-4-3-8;;/h8H,3-5H2,1-2H3,(H,9,10);;. The SMILES string of the molecule is CC(C)(CSCCO)C(=O)O.[NaH]. The average Bonchev–Trinajstić information content (AvgIpc) is 1.88. The summed E-state index contributed by atoms with van der Waals surface area (Å²) in [4.78, 5) is 10.5. The maximum atomic E-state index is 10.5. The van der Waals surface area contributed by atoms with Gasteiger partial charge >= 0.3 is 35.5 Å². The molecule has 0 aromatic carbocycles. The Morgan fingerprint density at radius 2 is 2.00 bits per heavy atom. The molecule has 5 heteroatoms. The molecule has 0 atom stereocenters. The van der Waals surface area contributed by atoms with Gasteiger partial charge < -0.3 is 10.2 Å². The Kier molecular flexibility index (Phi) is 9.17. The third-order valence-electron chi connectivity index (χ3n) is 1.28. The van der Waals surface area contributed by atoms with Crippen molar-refractivity contribution in [2.45, 2.75) is 13.8 Å². The van der Waals surface area contributed by atoms with Crippen LogP contribution in [-0.2, 0) is 4.79 Å². The third kappa shape index (κ3) is 6.31. The Hall–Kier alpha value is 0.780. The minimum absolute atomic E-state index is 0. The minimum atomic E-state index is -0.789. The second-order valence-corrected chi connectivity index (χ2v) is 4.07. The summed E-state index contributed by atoms with van der Waals surface area (Å²) in [6, 6.07) is 0. The summed E-state index contributed by atoms with van der Waals surface area (Å²) in [5.41, 5.74) is -0.681. The van der Waals surface area contributed by atoms with Gasteiger partial charge in [-0.05, 0) is 13.8 Å². The summed E-state index contributed by atoms with van der Waals surface area (Å²) >= 11 is 1.46. The van der Waals surface area contributed by atoms with Crippen molar-refractivity contribution in [2.75, 3.05) is 18.1 Å². The predicted molar refractivity (Wildman–Crippen MR) is 53.0 cm³/mol. The average molecular weight is 202 g/mol. The van der Waals surface area contributed by atoms with Crippen molar-refractivity contribution in [3.05, 3.63) is 0 Å². The second kappa shape index (κ2) is 7.21. The molecule has 3 nitrogen and oxygen atoms in total. The van der Waals surface area contributed by atoms with Crippen LogP contribution < -0.4 is 0 Å². The number of thioether (sulfide) groups is 1. The number of carboxylic acid groups (broad SMARTS) is 1. The molecule has 0 saturated carbocycles. The Balaban J connectivity index is 0. The number of hydrogen-bond donors (Lipinski definition) is 2. The Morgan fingerprint density at radius 3 is 2.33 bits per heavy atom. The van der Waals surface area contributed by atoms with Gasteiger partial charge in [0.2, 0.25) is 0 Å². The van der Waals surface area contributed by atoms with Crippen molar-refractivity contribution < 1.29 is 15.0 Å². The quantitative estimate of drug-likeness (QED) is 0.493. The number of carboxylic acids is 1. The molecule has 0 saturated heterocycles. The van der Waals surface area contributed by atoms with E-state index in [1.807, 2.05) is 0 Å². The fraction of sp³-hybridized carbons (Fsp3) is 0.857. The van der Waals surface area contributed by atoms with E-state index >= 15 is 0 Å². The van der Waals surface area contributed by atoms with Crippen LogP contribution in [0.15, 0.2) is 0 Å². The summed E-state index contributed by atoms with van der Waals surface area (Å²) in [6.07, 6.45) is 0. The van der Waals surface area contributed by atoms with Gasteiger partial charge in [0.05, 0.1) is 12.0 Å². The fourth-order valence-corrected chi connectivity index (χ4v) is 1.36. The van der Waals surface area contributed by atoms with Gasteiger partial charge in [0.25, 0.3) is 0 Å². The summed E-state index contributed by atoms with van der Waals surface area (Å²) < 4.78 is 0. The van der Waals surface area contributed by atoms with E-state index in [4.69, 9.17) is 10.2 Å². The molecule has 2 N–H and O–H groups in total. The van der Waals surface area contributed by atoms with Crippen LogP contribution in [0, 0.1) is 5.41 Å². The Morgan fingerprint density at radius 1 is 1.50 bits per heavy atom. The molecule has 0 fully saturated rings. The molecule has 0 aromatic rings. The zero-order valence-corrected chi connectivity index (χ0v) is 7.65. The second-order valence-electron chi connectivity index (χ2n) is 2.97. The van der Waals surface area contributed by atoms with Crippen LogP contribution in [0.5, 0.6) is 0 Å². The summed E-state index contributed by atoms with van der Waals surface area (Å²) in [5, 5.41) is 17.1. The van der Waals surface area contributed by atoms with Crippen molar-refractivity contribution >= 4 is 47.3 Å². The monoisotopic (exact) mass is 202 g/mol. The van der Waals surface area contributed by atoms with Crippen molar-refractivity contribution in [1.29, 1.82) is 0 Å². The van der Waals surface area contributed by atoms with Crippen molar-refractivity contribution in [3.8, 4) is 0 Å². The number of aliphatic hydroxyl groups is 1. The van der Waals surface area contributed by atoms with Gasteiger partial charge in [-0.15, -0.1) is 0 Å². The van der Waals surface area contributed by atoms with E-state index in [2.05, 4.69) is 0 Å². The molecule has 0 aliphatic heterocycles. The Labute approximate surface area is 99.2 Å². The van der Waals surface area contributed by atoms with E-state index in [0.29, 0.717) is 11.5 Å². The van der Waals surface area contributed by atoms with Gasteiger partial charge in [-0.3, -0.25) is 4.79 Å². The van der Waals surface area contributed by atoms with Crippen molar-refractivity contribution in [2.24, 2.45) is 5.41 Å². The van der Waals surface area contributed by atoms with E-state index in [1.165, 1.54) is 11.8 Å². The number of rotatable bonds is 5. The molecule has 0 aromatic heterocycles. The van der Waals surface area contributed by atoms with Crippen molar-refractivity contribution in [1.82, 2.24) is 0 Å². The molecule has 0 aliphatic carbocycles. The molecule has 0 aliphatic rings. The first-order chi connectivity index (χ1) is 5.00. The summed E-state index contributed by atoms with van der Waals surface area (Å²) in [7, 11) is 0. The third-order valence-corrected chi connectivity index (χ3v) is 2.67. The molecule has 0 spiro atoms. The van der Waals surface area contributed by atoms with Gasteiger partial charge in [-0.25, -0.2) is 0 Å². The van der Waals surface area contributed by atoms with Crippen LogP contribution in [0.2, 0.25) is 0 Å². The van der Waals surface area contributed by atoms with Crippen LogP contribution in [0.4, 0.5) is 0 Å². The van der Waals surface area contributed by atoms with Gasteiger partial charge in [-0.2, -0.15) is 11.8 Å². The summed E-state index contributed by atoms with van der Waals surface area (Å²) in [5.74, 6) is 0.363. The zero-order valence-electron chi connectivity index (χ0n) is 6.83. The van der Waals surface area contributed by atoms with Gasteiger partial charge in [0.15, 0.2) is 0 Å². The molecule has 0 unspecified atom stereocenters. The molecule has 0 amide bonds. The van der Waals surface area contributed by atoms with E-state index in [9.17, 15) is 4.79 Å². The maximum absolute atomic E-state index is 10.5. The van der Waals surface area contributed by atoms with E-state index in [-0.39, 0.29) is 36.2 Å². The first kappa shape index (κ1) is 15.3. The van der Waals surface area contributed by atoms with Gasteiger partial charge in [0.1, 0.15) is 0 Å². The number of aliphatic carboxylic acids is 1. The molecule has 0 bridgehead atoms. The van der Waals surface area contributed by atoms with Crippen LogP contribution in [0.3, 0.4) is 0 Å².